The fourth-order valence-corrected chi connectivity index (χ4v) is 4.15. The molecule has 0 atom stereocenters. The average molecular weight is 351 g/mol. The van der Waals surface area contributed by atoms with Gasteiger partial charge in [-0.1, -0.05) is 25.3 Å². The predicted molar refractivity (Wildman–Crippen MR) is 102 cm³/mol. The Morgan fingerprint density at radius 3 is 2.88 bits per heavy atom. The Balaban J connectivity index is 1.51. The number of nitrogens with zero attached hydrogens (tertiary/aromatic N) is 2. The molecule has 1 saturated carbocycles. The second-order valence-electron chi connectivity index (χ2n) is 7.39. The molecule has 136 valence electrons. The largest absolute Gasteiger partial charge is 0.464 e. The third kappa shape index (κ3) is 3.26. The highest BCUT2D eigenvalue weighted by Crippen LogP contribution is 2.30. The summed E-state index contributed by atoms with van der Waals surface area (Å²) in [5.41, 5.74) is 4.08. The summed E-state index contributed by atoms with van der Waals surface area (Å²) in [5, 5.41) is 8.54. The van der Waals surface area contributed by atoms with Gasteiger partial charge in [0.1, 0.15) is 11.4 Å². The van der Waals surface area contributed by atoms with Crippen molar-refractivity contribution in [1.29, 1.82) is 0 Å². The summed E-state index contributed by atoms with van der Waals surface area (Å²) in [6.45, 7) is 4.11. The van der Waals surface area contributed by atoms with Gasteiger partial charge < -0.3 is 9.73 Å². The first-order valence-corrected chi connectivity index (χ1v) is 9.42. The van der Waals surface area contributed by atoms with Gasteiger partial charge in [0, 0.05) is 17.0 Å². The van der Waals surface area contributed by atoms with E-state index in [2.05, 4.69) is 23.4 Å². The van der Waals surface area contributed by atoms with E-state index in [0.29, 0.717) is 12.5 Å². The van der Waals surface area contributed by atoms with Gasteiger partial charge in [-0.25, -0.2) is 4.68 Å². The molecule has 1 aliphatic rings. The number of carbonyl (C=O) groups excluding carboxylic acids is 1. The number of rotatable bonds is 4. The maximum atomic E-state index is 12.6. The van der Waals surface area contributed by atoms with Crippen LogP contribution in [0.5, 0.6) is 0 Å². The van der Waals surface area contributed by atoms with Crippen molar-refractivity contribution >= 4 is 22.7 Å². The van der Waals surface area contributed by atoms with Crippen molar-refractivity contribution < 1.29 is 9.21 Å². The first-order chi connectivity index (χ1) is 12.6. The number of nitrogens with one attached hydrogen (secondary N) is 1. The molecule has 1 fully saturated rings. The minimum absolute atomic E-state index is 0.0368. The molecule has 2 aromatic heterocycles. The van der Waals surface area contributed by atoms with Crippen LogP contribution in [0.3, 0.4) is 0 Å². The van der Waals surface area contributed by atoms with Gasteiger partial charge in [-0.2, -0.15) is 5.10 Å². The van der Waals surface area contributed by atoms with Crippen LogP contribution in [-0.4, -0.2) is 15.7 Å². The molecule has 2 heterocycles. The lowest BCUT2D eigenvalue weighted by atomic mass is 9.96. The van der Waals surface area contributed by atoms with Crippen LogP contribution in [0, 0.1) is 13.8 Å². The van der Waals surface area contributed by atoms with Gasteiger partial charge in [-0.05, 0) is 43.9 Å². The second kappa shape index (κ2) is 6.98. The minimum Gasteiger partial charge on any atom is -0.464 e. The van der Waals surface area contributed by atoms with Gasteiger partial charge in [0.15, 0.2) is 0 Å². The maximum Gasteiger partial charge on any atom is 0.230 e. The summed E-state index contributed by atoms with van der Waals surface area (Å²) in [7, 11) is 0. The molecule has 4 rings (SSSR count). The van der Waals surface area contributed by atoms with Crippen molar-refractivity contribution in [2.45, 2.75) is 58.4 Å². The summed E-state index contributed by atoms with van der Waals surface area (Å²) in [6.07, 6.45) is 9.80. The average Bonchev–Trinajstić information content (AvgIpc) is 3.23. The van der Waals surface area contributed by atoms with Crippen LogP contribution in [0.4, 0.5) is 5.82 Å². The SMILES string of the molecule is Cc1cc(C)c2c(CC(=O)Nc3ccnn3C3CCCCC3)coc2c1. The zero-order valence-corrected chi connectivity index (χ0v) is 15.4. The first kappa shape index (κ1) is 16.9. The van der Waals surface area contributed by atoms with E-state index in [1.54, 1.807) is 12.5 Å². The quantitative estimate of drug-likeness (QED) is 0.725. The van der Waals surface area contributed by atoms with Crippen molar-refractivity contribution in [2.24, 2.45) is 0 Å². The van der Waals surface area contributed by atoms with Crippen LogP contribution in [0.2, 0.25) is 0 Å². The fourth-order valence-electron chi connectivity index (χ4n) is 4.15. The monoisotopic (exact) mass is 351 g/mol. The van der Waals surface area contributed by atoms with E-state index in [4.69, 9.17) is 4.42 Å². The smallest absolute Gasteiger partial charge is 0.230 e. The standard InChI is InChI=1S/C21H25N3O2/c1-14-10-15(2)21-16(13-26-18(21)11-14)12-20(25)23-19-8-9-22-24(19)17-6-4-3-5-7-17/h8-11,13,17H,3-7,12H2,1-2H3,(H,23,25). The van der Waals surface area contributed by atoms with E-state index < -0.39 is 0 Å². The minimum atomic E-state index is -0.0368. The number of amides is 1. The number of aryl methyl sites for hydroxylation is 2. The van der Waals surface area contributed by atoms with Crippen LogP contribution in [-0.2, 0) is 11.2 Å². The topological polar surface area (TPSA) is 60.1 Å². The van der Waals surface area contributed by atoms with Crippen molar-refractivity contribution in [1.82, 2.24) is 9.78 Å². The van der Waals surface area contributed by atoms with E-state index in [1.807, 2.05) is 23.7 Å². The molecule has 0 bridgehead atoms. The van der Waals surface area contributed by atoms with Crippen LogP contribution >= 0.6 is 0 Å². The molecule has 1 N–H and O–H groups in total. The molecular formula is C21H25N3O2. The Morgan fingerprint density at radius 1 is 1.27 bits per heavy atom. The zero-order valence-electron chi connectivity index (χ0n) is 15.4. The third-order valence-corrected chi connectivity index (χ3v) is 5.30. The lowest BCUT2D eigenvalue weighted by Gasteiger charge is -2.23. The molecule has 1 aromatic carbocycles. The van der Waals surface area contributed by atoms with Gasteiger partial charge in [-0.15, -0.1) is 0 Å². The number of carbonyl (C=O) groups is 1. The molecule has 0 radical (unpaired) electrons. The maximum absolute atomic E-state index is 12.6. The van der Waals surface area contributed by atoms with Gasteiger partial charge in [0.25, 0.3) is 0 Å². The number of benzene rings is 1. The van der Waals surface area contributed by atoms with E-state index in [9.17, 15) is 4.79 Å². The number of furan rings is 1. The molecule has 1 aliphatic carbocycles. The van der Waals surface area contributed by atoms with E-state index in [1.165, 1.54) is 19.3 Å². The molecule has 0 saturated heterocycles. The molecule has 0 aliphatic heterocycles. The van der Waals surface area contributed by atoms with Crippen LogP contribution < -0.4 is 5.32 Å². The Labute approximate surface area is 153 Å². The number of hydrogen-bond donors (Lipinski definition) is 1. The number of fused-ring (bicyclic) bond motifs is 1. The fraction of sp³-hybridized carbons (Fsp3) is 0.429. The van der Waals surface area contributed by atoms with E-state index in [-0.39, 0.29) is 5.91 Å². The number of anilines is 1. The van der Waals surface area contributed by atoms with Crippen molar-refractivity contribution in [3.8, 4) is 0 Å². The molecule has 1 amide bonds. The summed E-state index contributed by atoms with van der Waals surface area (Å²) in [6, 6.07) is 6.42. The highest BCUT2D eigenvalue weighted by atomic mass is 16.3. The summed E-state index contributed by atoms with van der Waals surface area (Å²) >= 11 is 0. The molecule has 5 heteroatoms. The second-order valence-corrected chi connectivity index (χ2v) is 7.39. The molecule has 0 unspecified atom stereocenters. The lowest BCUT2D eigenvalue weighted by Crippen LogP contribution is -2.21. The lowest BCUT2D eigenvalue weighted by molar-refractivity contribution is -0.115. The third-order valence-electron chi connectivity index (χ3n) is 5.30. The van der Waals surface area contributed by atoms with Crippen LogP contribution in [0.1, 0.15) is 54.8 Å². The normalized spacial score (nSPS) is 15.5. The Bertz CT molecular complexity index is 932. The highest BCUT2D eigenvalue weighted by Gasteiger charge is 2.20. The van der Waals surface area contributed by atoms with Crippen molar-refractivity contribution in [2.75, 3.05) is 5.32 Å². The van der Waals surface area contributed by atoms with Gasteiger partial charge >= 0.3 is 0 Å². The Hall–Kier alpha value is -2.56. The summed E-state index contributed by atoms with van der Waals surface area (Å²) in [4.78, 5) is 12.6. The van der Waals surface area contributed by atoms with E-state index in [0.717, 1.165) is 46.3 Å². The highest BCUT2D eigenvalue weighted by molar-refractivity contribution is 5.95. The Kier molecular flexibility index (Phi) is 4.53. The van der Waals surface area contributed by atoms with E-state index >= 15 is 0 Å². The van der Waals surface area contributed by atoms with Crippen LogP contribution in [0.25, 0.3) is 11.0 Å². The predicted octanol–water partition coefficient (Wildman–Crippen LogP) is 4.93. The number of aromatic nitrogens is 2. The van der Waals surface area contributed by atoms with Crippen molar-refractivity contribution in [3.05, 3.63) is 47.3 Å². The van der Waals surface area contributed by atoms with Crippen LogP contribution in [0.15, 0.2) is 35.1 Å². The van der Waals surface area contributed by atoms with Gasteiger partial charge in [0.05, 0.1) is 24.9 Å². The summed E-state index contributed by atoms with van der Waals surface area (Å²) in [5.74, 6) is 0.757. The molecule has 3 aromatic rings. The molecule has 5 nitrogen and oxygen atoms in total. The van der Waals surface area contributed by atoms with Crippen molar-refractivity contribution in [3.63, 3.8) is 0 Å². The Morgan fingerprint density at radius 2 is 2.08 bits per heavy atom. The molecule has 0 spiro atoms. The van der Waals surface area contributed by atoms with Gasteiger partial charge in [-0.3, -0.25) is 4.79 Å². The number of hydrogen-bond acceptors (Lipinski definition) is 3. The van der Waals surface area contributed by atoms with Gasteiger partial charge in [0.2, 0.25) is 5.91 Å². The molecular weight excluding hydrogens is 326 g/mol. The first-order valence-electron chi connectivity index (χ1n) is 9.42. The summed E-state index contributed by atoms with van der Waals surface area (Å²) < 4.78 is 7.65. The molecule has 26 heavy (non-hydrogen) atoms. The zero-order chi connectivity index (χ0) is 18.1.